The first-order valence-electron chi connectivity index (χ1n) is 10.6. The standard InChI is InChI=1S/C24H29N5O/c1-3-19-23(18-9-5-4-6-10-18)24(26-21-12-8-7-11-20(21)25-19)27-22(30)17-29-15-13-28(2)14-16-29/h4-12,23H,3,13-17H2,1-2H3,(H,26,27,30)/t23-/m0/s1. The monoisotopic (exact) mass is 403 g/mol. The number of piperazine rings is 1. The van der Waals surface area contributed by atoms with Gasteiger partial charge in [0, 0.05) is 31.9 Å². The maximum absolute atomic E-state index is 13.0. The average Bonchev–Trinajstić information content (AvgIpc) is 2.92. The summed E-state index contributed by atoms with van der Waals surface area (Å²) in [5.74, 6) is 0.472. The third-order valence-electron chi connectivity index (χ3n) is 5.72. The summed E-state index contributed by atoms with van der Waals surface area (Å²) in [6, 6.07) is 18.0. The van der Waals surface area contributed by atoms with Gasteiger partial charge in [0.15, 0.2) is 0 Å². The van der Waals surface area contributed by atoms with Crippen molar-refractivity contribution in [3.63, 3.8) is 0 Å². The molecule has 0 bridgehead atoms. The zero-order valence-electron chi connectivity index (χ0n) is 17.7. The quantitative estimate of drug-likeness (QED) is 0.852. The number of carbonyl (C=O) groups is 1. The van der Waals surface area contributed by atoms with Gasteiger partial charge in [-0.3, -0.25) is 14.7 Å². The lowest BCUT2D eigenvalue weighted by molar-refractivity contribution is -0.121. The molecule has 2 aliphatic rings. The van der Waals surface area contributed by atoms with E-state index in [1.807, 2.05) is 42.5 Å². The van der Waals surface area contributed by atoms with Crippen LogP contribution in [-0.2, 0) is 4.79 Å². The van der Waals surface area contributed by atoms with Crippen LogP contribution in [0.5, 0.6) is 0 Å². The van der Waals surface area contributed by atoms with Crippen LogP contribution in [0.4, 0.5) is 11.4 Å². The van der Waals surface area contributed by atoms with Crippen molar-refractivity contribution in [1.82, 2.24) is 15.1 Å². The lowest BCUT2D eigenvalue weighted by Gasteiger charge is -2.32. The second-order valence-corrected chi connectivity index (χ2v) is 7.91. The number of likely N-dealkylation sites (N-methyl/N-ethyl adjacent to an activating group) is 1. The average molecular weight is 404 g/mol. The van der Waals surface area contributed by atoms with Crippen molar-refractivity contribution < 1.29 is 4.79 Å². The van der Waals surface area contributed by atoms with E-state index in [2.05, 4.69) is 41.2 Å². The number of amides is 1. The molecule has 1 atom stereocenters. The molecule has 2 aromatic carbocycles. The molecule has 6 nitrogen and oxygen atoms in total. The van der Waals surface area contributed by atoms with Crippen molar-refractivity contribution in [3.8, 4) is 0 Å². The summed E-state index contributed by atoms with van der Waals surface area (Å²) in [6.07, 6.45) is 0.779. The molecule has 2 aliphatic heterocycles. The number of benzene rings is 2. The van der Waals surface area contributed by atoms with Gasteiger partial charge in [-0.2, -0.15) is 0 Å². The minimum atomic E-state index is -0.167. The SMILES string of the molecule is CCC1=Nc2ccccc2N=C(NC(=O)CN2CCN(C)CC2)[C@H]1c1ccccc1. The van der Waals surface area contributed by atoms with Crippen molar-refractivity contribution in [2.75, 3.05) is 39.8 Å². The highest BCUT2D eigenvalue weighted by Gasteiger charge is 2.28. The van der Waals surface area contributed by atoms with E-state index in [1.54, 1.807) is 0 Å². The van der Waals surface area contributed by atoms with Crippen LogP contribution in [0.2, 0.25) is 0 Å². The summed E-state index contributed by atoms with van der Waals surface area (Å²) >= 11 is 0. The number of para-hydroxylation sites is 2. The van der Waals surface area contributed by atoms with Crippen molar-refractivity contribution in [2.24, 2.45) is 9.98 Å². The van der Waals surface area contributed by atoms with Gasteiger partial charge in [-0.05, 0) is 31.2 Å². The fourth-order valence-electron chi connectivity index (χ4n) is 4.00. The van der Waals surface area contributed by atoms with Crippen LogP contribution in [0, 0.1) is 0 Å². The molecule has 1 N–H and O–H groups in total. The topological polar surface area (TPSA) is 60.3 Å². The van der Waals surface area contributed by atoms with Crippen LogP contribution >= 0.6 is 0 Å². The summed E-state index contributed by atoms with van der Waals surface area (Å²) in [5, 5.41) is 3.15. The number of hydrogen-bond acceptors (Lipinski definition) is 5. The Labute approximate surface area is 178 Å². The molecule has 2 aromatic rings. The van der Waals surface area contributed by atoms with Gasteiger partial charge in [-0.1, -0.05) is 49.4 Å². The molecule has 30 heavy (non-hydrogen) atoms. The molecule has 0 spiro atoms. The highest BCUT2D eigenvalue weighted by molar-refractivity contribution is 6.17. The van der Waals surface area contributed by atoms with E-state index in [1.165, 1.54) is 0 Å². The first-order chi connectivity index (χ1) is 14.6. The Morgan fingerprint density at radius 2 is 1.60 bits per heavy atom. The molecule has 156 valence electrons. The van der Waals surface area contributed by atoms with Gasteiger partial charge in [0.2, 0.25) is 5.91 Å². The zero-order chi connectivity index (χ0) is 20.9. The van der Waals surface area contributed by atoms with Gasteiger partial charge in [-0.25, -0.2) is 4.99 Å². The number of nitrogens with one attached hydrogen (secondary N) is 1. The van der Waals surface area contributed by atoms with Crippen LogP contribution in [0.1, 0.15) is 24.8 Å². The molecule has 1 fully saturated rings. The van der Waals surface area contributed by atoms with E-state index in [0.29, 0.717) is 12.4 Å². The predicted molar refractivity (Wildman–Crippen MR) is 122 cm³/mol. The molecule has 1 amide bonds. The molecule has 0 radical (unpaired) electrons. The molecule has 0 aliphatic carbocycles. The minimum absolute atomic E-state index is 0.0194. The molecular weight excluding hydrogens is 374 g/mol. The Morgan fingerprint density at radius 1 is 0.967 bits per heavy atom. The Hall–Kier alpha value is -2.83. The number of rotatable bonds is 4. The van der Waals surface area contributed by atoms with E-state index in [4.69, 9.17) is 9.98 Å². The second kappa shape index (κ2) is 9.32. The number of fused-ring (bicyclic) bond motifs is 1. The van der Waals surface area contributed by atoms with Crippen molar-refractivity contribution >= 4 is 28.8 Å². The molecular formula is C24H29N5O. The van der Waals surface area contributed by atoms with E-state index in [0.717, 1.165) is 55.2 Å². The number of amidine groups is 1. The highest BCUT2D eigenvalue weighted by atomic mass is 16.2. The maximum Gasteiger partial charge on any atom is 0.239 e. The summed E-state index contributed by atoms with van der Waals surface area (Å²) in [6.45, 7) is 6.27. The van der Waals surface area contributed by atoms with Crippen LogP contribution in [0.15, 0.2) is 64.6 Å². The summed E-state index contributed by atoms with van der Waals surface area (Å²) < 4.78 is 0. The van der Waals surface area contributed by atoms with Gasteiger partial charge in [0.05, 0.1) is 23.8 Å². The summed E-state index contributed by atoms with van der Waals surface area (Å²) in [4.78, 5) is 27.3. The number of carbonyl (C=O) groups excluding carboxylic acids is 1. The van der Waals surface area contributed by atoms with Gasteiger partial charge in [-0.15, -0.1) is 0 Å². The molecule has 2 heterocycles. The minimum Gasteiger partial charge on any atom is -0.312 e. The van der Waals surface area contributed by atoms with Gasteiger partial charge < -0.3 is 10.2 Å². The Morgan fingerprint density at radius 3 is 2.27 bits per heavy atom. The normalized spacial score (nSPS) is 20.0. The number of aliphatic imine (C=N–C) groups is 2. The van der Waals surface area contributed by atoms with Crippen LogP contribution < -0.4 is 5.32 Å². The van der Waals surface area contributed by atoms with Crippen LogP contribution in [0.3, 0.4) is 0 Å². The number of hydrogen-bond donors (Lipinski definition) is 1. The molecule has 1 saturated heterocycles. The Bertz CT molecular complexity index is 945. The molecule has 4 rings (SSSR count). The predicted octanol–water partition coefficient (Wildman–Crippen LogP) is 3.36. The van der Waals surface area contributed by atoms with E-state index >= 15 is 0 Å². The van der Waals surface area contributed by atoms with Gasteiger partial charge >= 0.3 is 0 Å². The van der Waals surface area contributed by atoms with E-state index < -0.39 is 0 Å². The van der Waals surface area contributed by atoms with Crippen molar-refractivity contribution in [3.05, 3.63) is 60.2 Å². The molecule has 0 saturated carbocycles. The highest BCUT2D eigenvalue weighted by Crippen LogP contribution is 2.34. The summed E-state index contributed by atoms with van der Waals surface area (Å²) in [7, 11) is 2.12. The molecule has 6 heteroatoms. The van der Waals surface area contributed by atoms with Crippen LogP contribution in [-0.4, -0.2) is 67.0 Å². The van der Waals surface area contributed by atoms with Gasteiger partial charge in [0.25, 0.3) is 0 Å². The van der Waals surface area contributed by atoms with Crippen molar-refractivity contribution in [2.45, 2.75) is 19.3 Å². The Balaban J connectivity index is 1.64. The zero-order valence-corrected chi connectivity index (χ0v) is 17.7. The van der Waals surface area contributed by atoms with E-state index in [9.17, 15) is 4.79 Å². The molecule has 0 unspecified atom stereocenters. The molecule has 0 aromatic heterocycles. The van der Waals surface area contributed by atoms with Gasteiger partial charge in [0.1, 0.15) is 5.84 Å². The third-order valence-corrected chi connectivity index (χ3v) is 5.72. The second-order valence-electron chi connectivity index (χ2n) is 7.91. The largest absolute Gasteiger partial charge is 0.312 e. The summed E-state index contributed by atoms with van der Waals surface area (Å²) in [5.41, 5.74) is 3.73. The first-order valence-corrected chi connectivity index (χ1v) is 10.6. The third kappa shape index (κ3) is 4.66. The first kappa shape index (κ1) is 20.4. The van der Waals surface area contributed by atoms with Crippen LogP contribution in [0.25, 0.3) is 0 Å². The lowest BCUT2D eigenvalue weighted by Crippen LogP contribution is -2.49. The maximum atomic E-state index is 13.0. The van der Waals surface area contributed by atoms with E-state index in [-0.39, 0.29) is 11.8 Å². The lowest BCUT2D eigenvalue weighted by atomic mass is 9.91. The smallest absolute Gasteiger partial charge is 0.239 e. The fraction of sp³-hybridized carbons (Fsp3) is 0.375. The van der Waals surface area contributed by atoms with Crippen molar-refractivity contribution in [1.29, 1.82) is 0 Å². The fourth-order valence-corrected chi connectivity index (χ4v) is 4.00. The Kier molecular flexibility index (Phi) is 6.35. The number of nitrogens with zero attached hydrogens (tertiary/aromatic N) is 4.